The number of ether oxygens (including phenoxy) is 2. The monoisotopic (exact) mass is 356 g/mol. The maximum absolute atomic E-state index is 12.9. The summed E-state index contributed by atoms with van der Waals surface area (Å²) in [7, 11) is -2.79. The zero-order valence-corrected chi connectivity index (χ0v) is 13.6. The number of hydrogen-bond donors (Lipinski definition) is 2. The molecule has 2 aliphatic rings. The molecule has 1 aromatic rings. The SMILES string of the molecule is COc1cc2c(cc1S(=O)(=O)N1CCC[C@H]1C(=O)O)OCC(=O)N2. The van der Waals surface area contributed by atoms with Gasteiger partial charge >= 0.3 is 5.97 Å². The third kappa shape index (κ3) is 2.67. The van der Waals surface area contributed by atoms with Crippen LogP contribution in [0, 0.1) is 0 Å². The van der Waals surface area contributed by atoms with Gasteiger partial charge in [-0.25, -0.2) is 8.42 Å². The second-order valence-electron chi connectivity index (χ2n) is 5.45. The lowest BCUT2D eigenvalue weighted by Crippen LogP contribution is -2.40. The van der Waals surface area contributed by atoms with Gasteiger partial charge < -0.3 is 19.9 Å². The fourth-order valence-corrected chi connectivity index (χ4v) is 4.66. The summed E-state index contributed by atoms with van der Waals surface area (Å²) in [6.07, 6.45) is 0.727. The summed E-state index contributed by atoms with van der Waals surface area (Å²) in [5.41, 5.74) is 0.304. The van der Waals surface area contributed by atoms with Gasteiger partial charge in [0.05, 0.1) is 12.8 Å². The Labute approximate surface area is 138 Å². The molecule has 1 atom stereocenters. The van der Waals surface area contributed by atoms with Crippen LogP contribution >= 0.6 is 0 Å². The summed E-state index contributed by atoms with van der Waals surface area (Å²) >= 11 is 0. The number of aliphatic carboxylic acids is 1. The Morgan fingerprint density at radius 1 is 1.46 bits per heavy atom. The molecule has 0 aromatic heterocycles. The number of carbonyl (C=O) groups excluding carboxylic acids is 1. The summed E-state index contributed by atoms with van der Waals surface area (Å²) in [6, 6.07) is 1.50. The van der Waals surface area contributed by atoms with E-state index in [0.29, 0.717) is 12.1 Å². The molecule has 1 fully saturated rings. The van der Waals surface area contributed by atoms with Crippen molar-refractivity contribution >= 4 is 27.6 Å². The standard InChI is InChI=1S/C14H16N2O7S/c1-22-11-5-8-10(23-7-13(17)15-8)6-12(11)24(20,21)16-4-2-3-9(16)14(18)19/h5-6,9H,2-4,7H2,1H3,(H,15,17)(H,18,19)/t9-/m0/s1. The molecule has 0 aliphatic carbocycles. The molecule has 1 amide bonds. The first-order chi connectivity index (χ1) is 11.3. The third-order valence-corrected chi connectivity index (χ3v) is 5.90. The zero-order valence-electron chi connectivity index (χ0n) is 12.8. The molecule has 0 radical (unpaired) electrons. The van der Waals surface area contributed by atoms with E-state index in [1.807, 2.05) is 0 Å². The average molecular weight is 356 g/mol. The van der Waals surface area contributed by atoms with Gasteiger partial charge in [0.1, 0.15) is 22.4 Å². The van der Waals surface area contributed by atoms with E-state index in [4.69, 9.17) is 9.47 Å². The van der Waals surface area contributed by atoms with Crippen LogP contribution in [0.15, 0.2) is 17.0 Å². The quantitative estimate of drug-likeness (QED) is 0.793. The van der Waals surface area contributed by atoms with Gasteiger partial charge in [0.2, 0.25) is 10.0 Å². The number of methoxy groups -OCH3 is 1. The van der Waals surface area contributed by atoms with Gasteiger partial charge in [-0.2, -0.15) is 4.31 Å². The van der Waals surface area contributed by atoms with Crippen LogP contribution in [-0.2, 0) is 19.6 Å². The summed E-state index contributed by atoms with van der Waals surface area (Å²) in [5, 5.41) is 11.8. The normalized spacial score (nSPS) is 20.9. The third-order valence-electron chi connectivity index (χ3n) is 3.97. The van der Waals surface area contributed by atoms with E-state index in [0.717, 1.165) is 4.31 Å². The Bertz CT molecular complexity index is 806. The average Bonchev–Trinajstić information content (AvgIpc) is 3.04. The number of rotatable bonds is 4. The maximum atomic E-state index is 12.9. The van der Waals surface area contributed by atoms with Crippen LogP contribution in [0.25, 0.3) is 0 Å². The number of hydrogen-bond acceptors (Lipinski definition) is 6. The summed E-state index contributed by atoms with van der Waals surface area (Å²) in [4.78, 5) is 22.5. The summed E-state index contributed by atoms with van der Waals surface area (Å²) in [6.45, 7) is -0.0998. The van der Waals surface area contributed by atoms with E-state index < -0.39 is 22.0 Å². The van der Waals surface area contributed by atoms with Gasteiger partial charge in [-0.15, -0.1) is 0 Å². The van der Waals surface area contributed by atoms with Crippen molar-refractivity contribution in [1.82, 2.24) is 4.31 Å². The molecule has 0 unspecified atom stereocenters. The van der Waals surface area contributed by atoms with Crippen LogP contribution in [0.4, 0.5) is 5.69 Å². The van der Waals surface area contributed by atoms with Crippen molar-refractivity contribution in [2.75, 3.05) is 25.6 Å². The van der Waals surface area contributed by atoms with Gasteiger partial charge in [0.25, 0.3) is 5.91 Å². The number of nitrogens with one attached hydrogen (secondary N) is 1. The predicted octanol–water partition coefficient (Wildman–Crippen LogP) is 0.264. The van der Waals surface area contributed by atoms with Crippen LogP contribution < -0.4 is 14.8 Å². The fraction of sp³-hybridized carbons (Fsp3) is 0.429. The van der Waals surface area contributed by atoms with Crippen molar-refractivity contribution in [2.24, 2.45) is 0 Å². The van der Waals surface area contributed by atoms with Crippen LogP contribution in [0.3, 0.4) is 0 Å². The molecule has 0 bridgehead atoms. The Morgan fingerprint density at radius 3 is 2.88 bits per heavy atom. The van der Waals surface area contributed by atoms with Crippen molar-refractivity contribution in [3.63, 3.8) is 0 Å². The molecule has 2 aliphatic heterocycles. The molecule has 24 heavy (non-hydrogen) atoms. The number of nitrogens with zero attached hydrogens (tertiary/aromatic N) is 1. The Balaban J connectivity index is 2.07. The highest BCUT2D eigenvalue weighted by atomic mass is 32.2. The molecule has 0 saturated carbocycles. The van der Waals surface area contributed by atoms with Crippen LogP contribution in [-0.4, -0.2) is 56.0 Å². The highest BCUT2D eigenvalue weighted by Crippen LogP contribution is 2.39. The Hall–Kier alpha value is -2.33. The van der Waals surface area contributed by atoms with Crippen molar-refractivity contribution in [1.29, 1.82) is 0 Å². The molecule has 3 rings (SSSR count). The van der Waals surface area contributed by atoms with Crippen molar-refractivity contribution < 1.29 is 32.6 Å². The molecule has 1 saturated heterocycles. The van der Waals surface area contributed by atoms with Gasteiger partial charge in [-0.1, -0.05) is 0 Å². The van der Waals surface area contributed by atoms with E-state index in [9.17, 15) is 23.1 Å². The predicted molar refractivity (Wildman–Crippen MR) is 81.7 cm³/mol. The summed E-state index contributed by atoms with van der Waals surface area (Å²) < 4.78 is 37.2. The lowest BCUT2D eigenvalue weighted by atomic mass is 10.2. The number of benzene rings is 1. The second kappa shape index (κ2) is 5.95. The molecule has 1 aromatic carbocycles. The first-order valence-electron chi connectivity index (χ1n) is 7.24. The largest absolute Gasteiger partial charge is 0.495 e. The van der Waals surface area contributed by atoms with Crippen LogP contribution in [0.5, 0.6) is 11.5 Å². The Kier molecular flexibility index (Phi) is 4.10. The zero-order chi connectivity index (χ0) is 17.5. The highest BCUT2D eigenvalue weighted by Gasteiger charge is 2.41. The lowest BCUT2D eigenvalue weighted by molar-refractivity contribution is -0.140. The molecule has 130 valence electrons. The number of fused-ring (bicyclic) bond motifs is 1. The smallest absolute Gasteiger partial charge is 0.322 e. The first-order valence-corrected chi connectivity index (χ1v) is 8.68. The van der Waals surface area contributed by atoms with E-state index in [-0.39, 0.29) is 41.9 Å². The number of sulfonamides is 1. The molecule has 10 heteroatoms. The van der Waals surface area contributed by atoms with Gasteiger partial charge in [0.15, 0.2) is 6.61 Å². The second-order valence-corrected chi connectivity index (χ2v) is 7.31. The Morgan fingerprint density at radius 2 is 2.21 bits per heavy atom. The van der Waals surface area contributed by atoms with Crippen molar-refractivity contribution in [3.05, 3.63) is 12.1 Å². The molecule has 0 spiro atoms. The lowest BCUT2D eigenvalue weighted by Gasteiger charge is -2.24. The fourth-order valence-electron chi connectivity index (χ4n) is 2.85. The van der Waals surface area contributed by atoms with Gasteiger partial charge in [-0.3, -0.25) is 9.59 Å². The molecule has 2 N–H and O–H groups in total. The van der Waals surface area contributed by atoms with E-state index in [1.54, 1.807) is 0 Å². The van der Waals surface area contributed by atoms with Crippen molar-refractivity contribution in [3.8, 4) is 11.5 Å². The van der Waals surface area contributed by atoms with Crippen molar-refractivity contribution in [2.45, 2.75) is 23.8 Å². The van der Waals surface area contributed by atoms with Gasteiger partial charge in [0, 0.05) is 18.7 Å². The molecule has 2 heterocycles. The minimum Gasteiger partial charge on any atom is -0.495 e. The number of anilines is 1. The minimum absolute atomic E-state index is 0.00980. The van der Waals surface area contributed by atoms with E-state index >= 15 is 0 Å². The van der Waals surface area contributed by atoms with Gasteiger partial charge in [-0.05, 0) is 12.8 Å². The molecular weight excluding hydrogens is 340 g/mol. The maximum Gasteiger partial charge on any atom is 0.322 e. The topological polar surface area (TPSA) is 122 Å². The number of carbonyl (C=O) groups is 2. The van der Waals surface area contributed by atoms with Crippen LogP contribution in [0.2, 0.25) is 0 Å². The first kappa shape index (κ1) is 16.5. The number of carboxylic acid groups (broad SMARTS) is 1. The van der Waals surface area contributed by atoms with Crippen LogP contribution in [0.1, 0.15) is 12.8 Å². The number of carboxylic acids is 1. The molecule has 9 nitrogen and oxygen atoms in total. The van der Waals surface area contributed by atoms with E-state index in [1.165, 1.54) is 19.2 Å². The highest BCUT2D eigenvalue weighted by molar-refractivity contribution is 7.89. The minimum atomic E-state index is -4.09. The summed E-state index contributed by atoms with van der Waals surface area (Å²) in [5.74, 6) is -1.34. The molecular formula is C14H16N2O7S. The van der Waals surface area contributed by atoms with E-state index in [2.05, 4.69) is 5.32 Å². The number of amides is 1.